The van der Waals surface area contributed by atoms with Crippen molar-refractivity contribution in [2.75, 3.05) is 26.7 Å². The van der Waals surface area contributed by atoms with Crippen molar-refractivity contribution in [1.82, 2.24) is 9.80 Å². The van der Waals surface area contributed by atoms with E-state index in [0.717, 1.165) is 0 Å². The number of rotatable bonds is 5. The van der Waals surface area contributed by atoms with E-state index in [-0.39, 0.29) is 26.1 Å². The first-order chi connectivity index (χ1) is 10.2. The molecule has 1 heterocycles. The molecule has 0 spiro atoms. The van der Waals surface area contributed by atoms with Crippen molar-refractivity contribution in [1.29, 1.82) is 0 Å². The van der Waals surface area contributed by atoms with E-state index in [2.05, 4.69) is 0 Å². The highest BCUT2D eigenvalue weighted by Crippen LogP contribution is 2.33. The highest BCUT2D eigenvalue weighted by Gasteiger charge is 2.51. The van der Waals surface area contributed by atoms with Gasteiger partial charge in [0.2, 0.25) is 0 Å². The molecule has 9 heteroatoms. The molecule has 0 aromatic heterocycles. The molecule has 1 fully saturated rings. The second-order valence-electron chi connectivity index (χ2n) is 6.92. The molecule has 0 aromatic carbocycles. The molecule has 134 valence electrons. The van der Waals surface area contributed by atoms with E-state index >= 15 is 0 Å². The number of hydrogen-bond acceptors (Lipinski definition) is 4. The summed E-state index contributed by atoms with van der Waals surface area (Å²) in [5.41, 5.74) is -1.68. The van der Waals surface area contributed by atoms with Crippen molar-refractivity contribution in [2.24, 2.45) is 0 Å². The van der Waals surface area contributed by atoms with Crippen molar-refractivity contribution in [3.8, 4) is 0 Å². The average molecular weight is 340 g/mol. The molecule has 0 radical (unpaired) electrons. The zero-order chi connectivity index (χ0) is 18.1. The minimum atomic E-state index is -4.31. The molecule has 1 saturated heterocycles. The Morgan fingerprint density at radius 3 is 2.17 bits per heavy atom. The lowest BCUT2D eigenvalue weighted by Gasteiger charge is -2.54. The number of halogens is 3. The molecule has 0 saturated carbocycles. The van der Waals surface area contributed by atoms with Crippen LogP contribution in [0.5, 0.6) is 0 Å². The van der Waals surface area contributed by atoms with Crippen LogP contribution in [-0.2, 0) is 9.53 Å². The molecule has 1 aliphatic rings. The van der Waals surface area contributed by atoms with Crippen molar-refractivity contribution in [3.05, 3.63) is 0 Å². The third-order valence-corrected chi connectivity index (χ3v) is 3.64. The van der Waals surface area contributed by atoms with E-state index in [1.165, 1.54) is 16.8 Å². The van der Waals surface area contributed by atoms with E-state index in [0.29, 0.717) is 0 Å². The molecular formula is C14H23F3N2O4. The fourth-order valence-corrected chi connectivity index (χ4v) is 2.42. The third-order valence-electron chi connectivity index (χ3n) is 3.64. The van der Waals surface area contributed by atoms with Crippen LogP contribution in [0.25, 0.3) is 0 Å². The zero-order valence-corrected chi connectivity index (χ0v) is 13.7. The van der Waals surface area contributed by atoms with E-state index in [1.54, 1.807) is 20.8 Å². The number of alkyl halides is 3. The van der Waals surface area contributed by atoms with Gasteiger partial charge < -0.3 is 14.7 Å². The van der Waals surface area contributed by atoms with Gasteiger partial charge in [-0.1, -0.05) is 0 Å². The number of amides is 1. The summed E-state index contributed by atoms with van der Waals surface area (Å²) in [5, 5.41) is 9.02. The van der Waals surface area contributed by atoms with Crippen LogP contribution < -0.4 is 0 Å². The minimum absolute atomic E-state index is 0.0303. The predicted octanol–water partition coefficient (Wildman–Crippen LogP) is 2.33. The van der Waals surface area contributed by atoms with Gasteiger partial charge in [0.1, 0.15) is 5.60 Å². The molecule has 6 nitrogen and oxygen atoms in total. The van der Waals surface area contributed by atoms with Gasteiger partial charge in [-0.2, -0.15) is 13.2 Å². The van der Waals surface area contributed by atoms with Crippen molar-refractivity contribution in [2.45, 2.75) is 50.9 Å². The summed E-state index contributed by atoms with van der Waals surface area (Å²) in [7, 11) is 1.45. The topological polar surface area (TPSA) is 70.1 Å². The smallest absolute Gasteiger partial charge is 0.410 e. The summed E-state index contributed by atoms with van der Waals surface area (Å²) in [5.74, 6) is -1.12. The number of ether oxygens (including phenoxy) is 1. The van der Waals surface area contributed by atoms with Crippen LogP contribution in [0.4, 0.5) is 18.0 Å². The molecule has 0 unspecified atom stereocenters. The largest absolute Gasteiger partial charge is 0.481 e. The number of carboxylic acid groups (broad SMARTS) is 1. The number of likely N-dealkylation sites (N-methyl/N-ethyl adjacent to an activating group) is 1. The number of likely N-dealkylation sites (tertiary alicyclic amines) is 1. The van der Waals surface area contributed by atoms with Crippen LogP contribution in [0.15, 0.2) is 0 Å². The number of hydrogen-bond donors (Lipinski definition) is 1. The third kappa shape index (κ3) is 5.89. The molecule has 0 aromatic rings. The summed E-state index contributed by atoms with van der Waals surface area (Å²) in [6.07, 6.45) is -6.27. The molecule has 23 heavy (non-hydrogen) atoms. The fraction of sp³-hybridized carbons (Fsp3) is 0.857. The quantitative estimate of drug-likeness (QED) is 0.832. The monoisotopic (exact) mass is 340 g/mol. The van der Waals surface area contributed by atoms with E-state index < -0.39 is 35.8 Å². The van der Waals surface area contributed by atoms with Gasteiger partial charge >= 0.3 is 18.2 Å². The Labute approximate surface area is 133 Å². The van der Waals surface area contributed by atoms with Crippen LogP contribution in [0, 0.1) is 0 Å². The molecule has 0 aliphatic carbocycles. The summed E-state index contributed by atoms with van der Waals surface area (Å²) >= 11 is 0. The van der Waals surface area contributed by atoms with Gasteiger partial charge in [0.05, 0.1) is 18.4 Å². The molecular weight excluding hydrogens is 317 g/mol. The van der Waals surface area contributed by atoms with Crippen LogP contribution in [0.3, 0.4) is 0 Å². The van der Waals surface area contributed by atoms with Gasteiger partial charge in [0.15, 0.2) is 0 Å². The predicted molar refractivity (Wildman–Crippen MR) is 76.1 cm³/mol. The van der Waals surface area contributed by atoms with Crippen LogP contribution in [0.1, 0.15) is 33.6 Å². The van der Waals surface area contributed by atoms with Crippen LogP contribution in [-0.4, -0.2) is 71.0 Å². The maximum atomic E-state index is 12.4. The Hall–Kier alpha value is -1.51. The van der Waals surface area contributed by atoms with Crippen molar-refractivity contribution < 1.29 is 32.6 Å². The Morgan fingerprint density at radius 1 is 1.26 bits per heavy atom. The Bertz CT molecular complexity index is 454. The number of carbonyl (C=O) groups is 2. The van der Waals surface area contributed by atoms with Crippen molar-refractivity contribution in [3.63, 3.8) is 0 Å². The molecule has 0 atom stereocenters. The molecule has 1 aliphatic heterocycles. The highest BCUT2D eigenvalue weighted by molar-refractivity contribution is 5.73. The zero-order valence-electron chi connectivity index (χ0n) is 13.7. The number of aliphatic carboxylic acids is 1. The molecule has 1 amide bonds. The lowest BCUT2D eigenvalue weighted by molar-refractivity contribution is -0.152. The lowest BCUT2D eigenvalue weighted by atomic mass is 9.84. The molecule has 1 rings (SSSR count). The Balaban J connectivity index is 2.69. The normalized spacial score (nSPS) is 17.8. The van der Waals surface area contributed by atoms with Crippen molar-refractivity contribution >= 4 is 12.1 Å². The fourth-order valence-electron chi connectivity index (χ4n) is 2.42. The second kappa shape index (κ2) is 6.54. The van der Waals surface area contributed by atoms with Gasteiger partial charge in [-0.05, 0) is 27.8 Å². The van der Waals surface area contributed by atoms with Crippen LogP contribution in [0.2, 0.25) is 0 Å². The Morgan fingerprint density at radius 2 is 1.78 bits per heavy atom. The maximum absolute atomic E-state index is 12.4. The van der Waals surface area contributed by atoms with E-state index in [9.17, 15) is 22.8 Å². The highest BCUT2D eigenvalue weighted by atomic mass is 19.4. The summed E-state index contributed by atoms with van der Waals surface area (Å²) in [6.45, 7) is 4.84. The minimum Gasteiger partial charge on any atom is -0.481 e. The lowest BCUT2D eigenvalue weighted by Crippen LogP contribution is -2.71. The van der Waals surface area contributed by atoms with Gasteiger partial charge in [-0.25, -0.2) is 4.79 Å². The second-order valence-corrected chi connectivity index (χ2v) is 6.92. The Kier molecular flexibility index (Phi) is 5.56. The maximum Gasteiger partial charge on any atom is 0.410 e. The van der Waals surface area contributed by atoms with E-state index in [1.807, 2.05) is 0 Å². The summed E-state index contributed by atoms with van der Waals surface area (Å²) < 4.78 is 42.2. The number of carbonyl (C=O) groups excluding carboxylic acids is 1. The first kappa shape index (κ1) is 19.5. The summed E-state index contributed by atoms with van der Waals surface area (Å²) in [6, 6.07) is 0. The SMILES string of the molecule is CN(CCC(F)(F)F)C1(CC(=O)O)CN(C(=O)OC(C)(C)C)C1. The first-order valence-electron chi connectivity index (χ1n) is 7.22. The van der Waals surface area contributed by atoms with Crippen LogP contribution >= 0.6 is 0 Å². The molecule has 0 bridgehead atoms. The molecule has 1 N–H and O–H groups in total. The standard InChI is InChI=1S/C14H23F3N2O4/c1-12(2,3)23-11(22)19-8-13(9-19,7-10(20)21)18(4)6-5-14(15,16)17/h5-9H2,1-4H3,(H,20,21). The first-order valence-corrected chi connectivity index (χ1v) is 7.22. The van der Waals surface area contributed by atoms with E-state index in [4.69, 9.17) is 9.84 Å². The number of carboxylic acids is 1. The van der Waals surface area contributed by atoms with Gasteiger partial charge in [-0.15, -0.1) is 0 Å². The number of nitrogens with zero attached hydrogens (tertiary/aromatic N) is 2. The van der Waals surface area contributed by atoms with Gasteiger partial charge in [0, 0.05) is 19.6 Å². The van der Waals surface area contributed by atoms with Gasteiger partial charge in [0.25, 0.3) is 0 Å². The van der Waals surface area contributed by atoms with Gasteiger partial charge in [-0.3, -0.25) is 9.69 Å². The summed E-state index contributed by atoms with van der Waals surface area (Å²) in [4.78, 5) is 25.6. The average Bonchev–Trinajstić information content (AvgIpc) is 2.26.